The predicted molar refractivity (Wildman–Crippen MR) is 202 cm³/mol. The quantitative estimate of drug-likeness (QED) is 0.194. The lowest BCUT2D eigenvalue weighted by atomic mass is 9.92. The molecule has 2 aromatic heterocycles. The van der Waals surface area contributed by atoms with E-state index in [-0.39, 0.29) is 0 Å². The van der Waals surface area contributed by atoms with Crippen LogP contribution in [0.4, 0.5) is 0 Å². The summed E-state index contributed by atoms with van der Waals surface area (Å²) in [4.78, 5) is 0. The minimum absolute atomic E-state index is 0.908. The first kappa shape index (κ1) is 26.8. The van der Waals surface area contributed by atoms with E-state index in [1.54, 1.807) is 0 Å². The predicted octanol–water partition coefficient (Wildman–Crippen LogP) is 12.8. The minimum atomic E-state index is 0.908. The summed E-state index contributed by atoms with van der Waals surface area (Å²) in [5.74, 6) is 0. The summed E-state index contributed by atoms with van der Waals surface area (Å²) < 4.78 is 8.95. The Labute approximate surface area is 277 Å². The Kier molecular flexibility index (Phi) is 5.91. The second-order valence-corrected chi connectivity index (χ2v) is 12.5. The second-order valence-electron chi connectivity index (χ2n) is 12.5. The minimum Gasteiger partial charge on any atom is -0.455 e. The van der Waals surface area contributed by atoms with Crippen LogP contribution in [0.1, 0.15) is 0 Å². The second kappa shape index (κ2) is 10.6. The third-order valence-electron chi connectivity index (χ3n) is 9.83. The number of benzene rings is 8. The van der Waals surface area contributed by atoms with E-state index >= 15 is 0 Å². The van der Waals surface area contributed by atoms with E-state index in [1.165, 1.54) is 54.8 Å². The van der Waals surface area contributed by atoms with Crippen molar-refractivity contribution >= 4 is 54.5 Å². The van der Waals surface area contributed by atoms with Gasteiger partial charge in [-0.3, -0.25) is 0 Å². The topological polar surface area (TPSA) is 18.1 Å². The molecule has 8 aromatic carbocycles. The fourth-order valence-electron chi connectivity index (χ4n) is 7.69. The van der Waals surface area contributed by atoms with Gasteiger partial charge in [0.15, 0.2) is 0 Å². The smallest absolute Gasteiger partial charge is 0.143 e. The Morgan fingerprint density at radius 1 is 0.354 bits per heavy atom. The van der Waals surface area contributed by atoms with Crippen molar-refractivity contribution in [1.82, 2.24) is 4.57 Å². The number of aromatic nitrogens is 1. The van der Waals surface area contributed by atoms with Gasteiger partial charge >= 0.3 is 0 Å². The van der Waals surface area contributed by atoms with Crippen molar-refractivity contribution in [2.24, 2.45) is 0 Å². The number of fused-ring (bicyclic) bond motifs is 7. The molecule has 0 fully saturated rings. The van der Waals surface area contributed by atoms with Gasteiger partial charge in [0, 0.05) is 32.7 Å². The van der Waals surface area contributed by atoms with Gasteiger partial charge in [-0.25, -0.2) is 0 Å². The Balaban J connectivity index is 1.21. The number of hydrogen-bond donors (Lipinski definition) is 0. The first-order valence-electron chi connectivity index (χ1n) is 16.4. The van der Waals surface area contributed by atoms with Crippen LogP contribution in [0.5, 0.6) is 0 Å². The van der Waals surface area contributed by atoms with Gasteiger partial charge in [-0.1, -0.05) is 146 Å². The molecule has 48 heavy (non-hydrogen) atoms. The average molecular weight is 612 g/mol. The van der Waals surface area contributed by atoms with Crippen LogP contribution in [-0.4, -0.2) is 4.57 Å². The zero-order valence-corrected chi connectivity index (χ0v) is 26.1. The van der Waals surface area contributed by atoms with Gasteiger partial charge in [-0.2, -0.15) is 0 Å². The summed E-state index contributed by atoms with van der Waals surface area (Å²) in [7, 11) is 0. The van der Waals surface area contributed by atoms with Crippen LogP contribution in [0.15, 0.2) is 180 Å². The molecule has 0 radical (unpaired) electrons. The van der Waals surface area contributed by atoms with E-state index in [2.05, 4.69) is 168 Å². The first-order chi connectivity index (χ1) is 23.8. The summed E-state index contributed by atoms with van der Waals surface area (Å²) in [5.41, 5.74) is 12.4. The zero-order chi connectivity index (χ0) is 31.6. The van der Waals surface area contributed by atoms with E-state index in [0.29, 0.717) is 0 Å². The Morgan fingerprint density at radius 3 is 1.83 bits per heavy atom. The maximum Gasteiger partial charge on any atom is 0.143 e. The third-order valence-corrected chi connectivity index (χ3v) is 9.83. The van der Waals surface area contributed by atoms with Crippen molar-refractivity contribution in [3.8, 4) is 39.1 Å². The fourth-order valence-corrected chi connectivity index (χ4v) is 7.69. The molecule has 0 aliphatic carbocycles. The summed E-state index contributed by atoms with van der Waals surface area (Å²) in [6.45, 7) is 0. The molecule has 0 saturated carbocycles. The maximum atomic E-state index is 6.52. The molecule has 0 atom stereocenters. The number of nitrogens with zero attached hydrogens (tertiary/aromatic N) is 1. The number of rotatable bonds is 4. The molecular formula is C46H29NO. The van der Waals surface area contributed by atoms with Crippen LogP contribution in [0.3, 0.4) is 0 Å². The lowest BCUT2D eigenvalue weighted by Gasteiger charge is -2.17. The van der Waals surface area contributed by atoms with Gasteiger partial charge in [-0.15, -0.1) is 0 Å². The highest BCUT2D eigenvalue weighted by atomic mass is 16.3. The van der Waals surface area contributed by atoms with Crippen LogP contribution < -0.4 is 0 Å². The van der Waals surface area contributed by atoms with E-state index < -0.39 is 0 Å². The molecule has 10 rings (SSSR count). The molecule has 0 aliphatic rings. The largest absolute Gasteiger partial charge is 0.455 e. The van der Waals surface area contributed by atoms with Gasteiger partial charge in [0.05, 0.1) is 16.7 Å². The maximum absolute atomic E-state index is 6.52. The van der Waals surface area contributed by atoms with Crippen molar-refractivity contribution in [2.45, 2.75) is 0 Å². The van der Waals surface area contributed by atoms with Crippen molar-refractivity contribution < 1.29 is 4.42 Å². The summed E-state index contributed by atoms with van der Waals surface area (Å²) in [6.07, 6.45) is 0. The van der Waals surface area contributed by atoms with Crippen LogP contribution in [0, 0.1) is 0 Å². The number of para-hydroxylation sites is 4. The molecule has 0 aliphatic heterocycles. The Hall–Kier alpha value is -6.38. The Morgan fingerprint density at radius 2 is 0.938 bits per heavy atom. The molecule has 2 nitrogen and oxygen atoms in total. The molecule has 2 heterocycles. The van der Waals surface area contributed by atoms with Crippen LogP contribution in [-0.2, 0) is 0 Å². The zero-order valence-electron chi connectivity index (χ0n) is 26.1. The van der Waals surface area contributed by atoms with Crippen molar-refractivity contribution in [3.63, 3.8) is 0 Å². The monoisotopic (exact) mass is 611 g/mol. The van der Waals surface area contributed by atoms with Gasteiger partial charge in [0.1, 0.15) is 11.2 Å². The van der Waals surface area contributed by atoms with E-state index in [4.69, 9.17) is 4.42 Å². The summed E-state index contributed by atoms with van der Waals surface area (Å²) in [6, 6.07) is 63.2. The number of hydrogen-bond acceptors (Lipinski definition) is 1. The third kappa shape index (κ3) is 4.00. The van der Waals surface area contributed by atoms with Gasteiger partial charge in [-0.05, 0) is 63.4 Å². The van der Waals surface area contributed by atoms with Gasteiger partial charge < -0.3 is 8.98 Å². The molecule has 0 amide bonds. The number of furan rings is 1. The molecule has 0 saturated heterocycles. The SMILES string of the molecule is c1ccc(-c2cccc3c2oc2ccccc23)c(-c2ccccc2-n2c3ccccc3c3cc(-c4cccc5ccccc45)ccc32)c1. The van der Waals surface area contributed by atoms with E-state index in [1.807, 2.05) is 12.1 Å². The van der Waals surface area contributed by atoms with E-state index in [0.717, 1.165) is 38.8 Å². The molecule has 0 N–H and O–H groups in total. The summed E-state index contributed by atoms with van der Waals surface area (Å²) >= 11 is 0. The molecular weight excluding hydrogens is 583 g/mol. The molecule has 2 heteroatoms. The van der Waals surface area contributed by atoms with Gasteiger partial charge in [0.25, 0.3) is 0 Å². The molecule has 10 aromatic rings. The van der Waals surface area contributed by atoms with Gasteiger partial charge in [0.2, 0.25) is 0 Å². The Bertz CT molecular complexity index is 2840. The van der Waals surface area contributed by atoms with E-state index in [9.17, 15) is 0 Å². The van der Waals surface area contributed by atoms with Crippen molar-refractivity contribution in [3.05, 3.63) is 176 Å². The fraction of sp³-hybridized carbons (Fsp3) is 0. The van der Waals surface area contributed by atoms with Crippen LogP contribution >= 0.6 is 0 Å². The average Bonchev–Trinajstić information content (AvgIpc) is 3.70. The molecule has 0 bridgehead atoms. The highest BCUT2D eigenvalue weighted by Crippen LogP contribution is 2.43. The first-order valence-corrected chi connectivity index (χ1v) is 16.4. The highest BCUT2D eigenvalue weighted by molar-refractivity contribution is 6.13. The van der Waals surface area contributed by atoms with Crippen LogP contribution in [0.25, 0.3) is 93.6 Å². The highest BCUT2D eigenvalue weighted by Gasteiger charge is 2.20. The standard InChI is InChI=1S/C46H29NO/c1-2-15-32-30(13-1)14-11-21-33(32)31-27-28-44-41(29-31)37-19-6-9-25-43(37)47(44)42-24-8-5-18-36(42)34-16-3-4-17-35(34)39-22-12-23-40-38-20-7-10-26-45(38)48-46(39)40/h1-29H. The normalized spacial score (nSPS) is 11.8. The molecule has 0 spiro atoms. The van der Waals surface area contributed by atoms with Crippen LogP contribution in [0.2, 0.25) is 0 Å². The lowest BCUT2D eigenvalue weighted by molar-refractivity contribution is 0.670. The summed E-state index contributed by atoms with van der Waals surface area (Å²) in [5, 5.41) is 7.28. The van der Waals surface area contributed by atoms with Crippen molar-refractivity contribution in [1.29, 1.82) is 0 Å². The lowest BCUT2D eigenvalue weighted by Crippen LogP contribution is -1.98. The van der Waals surface area contributed by atoms with Crippen molar-refractivity contribution in [2.75, 3.05) is 0 Å². The molecule has 224 valence electrons. The molecule has 0 unspecified atom stereocenters.